The average Bonchev–Trinajstić information content (AvgIpc) is 3.22. The number of sulfonamides is 3. The zero-order valence-electron chi connectivity index (χ0n) is 45.4. The summed E-state index contributed by atoms with van der Waals surface area (Å²) in [4.78, 5) is 0.309. The van der Waals surface area contributed by atoms with Crippen molar-refractivity contribution in [2.75, 3.05) is 6.26 Å². The molecule has 71 heavy (non-hydrogen) atoms. The molecule has 0 aliphatic rings. The number of halogens is 3. The van der Waals surface area contributed by atoms with E-state index in [1.807, 2.05) is 64.1 Å². The molecule has 0 fully saturated rings. The molecule has 4 rings (SSSR count). The molecule has 0 aliphatic carbocycles. The third kappa shape index (κ3) is 46.2. The van der Waals surface area contributed by atoms with Crippen LogP contribution in [0.25, 0.3) is 0 Å². The second-order valence-electron chi connectivity index (χ2n) is 18.7. The van der Waals surface area contributed by atoms with Crippen LogP contribution in [0.15, 0.2) is 108 Å². The fourth-order valence-corrected chi connectivity index (χ4v) is 7.90. The summed E-state index contributed by atoms with van der Waals surface area (Å²) in [6.07, 6.45) is 1.15. The molecule has 0 spiro atoms. The molecule has 19 heteroatoms. The Morgan fingerprint density at radius 3 is 1.28 bits per heavy atom. The normalized spacial score (nSPS) is 11.3. The highest BCUT2D eigenvalue weighted by Gasteiger charge is 2.16. The van der Waals surface area contributed by atoms with E-state index in [2.05, 4.69) is 57.8 Å². The molecular weight excluding hydrogens is 988 g/mol. The first-order valence-corrected chi connectivity index (χ1v) is 29.1. The number of benzene rings is 4. The molecule has 0 aliphatic heterocycles. The Morgan fingerprint density at radius 2 is 0.915 bits per heavy atom. The molecule has 4 aromatic rings. The zero-order valence-corrected chi connectivity index (χ0v) is 48.6. The van der Waals surface area contributed by atoms with Crippen molar-refractivity contribution in [3.05, 3.63) is 136 Å². The maximum Gasteiger partial charge on any atom is 0.240 e. The van der Waals surface area contributed by atoms with Crippen LogP contribution in [0.2, 0.25) is 5.02 Å². The molecule has 13 nitrogen and oxygen atoms in total. The van der Waals surface area contributed by atoms with Crippen molar-refractivity contribution >= 4 is 41.7 Å². The molecule has 8 N–H and O–H groups in total. The highest BCUT2D eigenvalue weighted by Crippen LogP contribution is 2.10. The van der Waals surface area contributed by atoms with Crippen LogP contribution in [0.1, 0.15) is 127 Å². The molecule has 0 saturated heterocycles. The average molecular weight is 1080 g/mol. The third-order valence-corrected chi connectivity index (χ3v) is 12.7. The fourth-order valence-electron chi connectivity index (χ4n) is 4.72. The van der Waals surface area contributed by atoms with E-state index in [-0.39, 0.29) is 35.0 Å². The minimum absolute atomic E-state index is 0.00463. The van der Waals surface area contributed by atoms with Crippen molar-refractivity contribution in [1.29, 1.82) is 0 Å². The lowest BCUT2D eigenvalue weighted by molar-refractivity contribution is 0.553. The summed E-state index contributed by atoms with van der Waals surface area (Å²) in [5.41, 5.74) is 8.10. The second kappa shape index (κ2) is 39.1. The SMILES string of the molecule is CC(C)N.CC(C)NCc1ccc(Cl)cc1.CC(C)NCc1cccc(F)c1.CC(C)NCc1ccccc1F.CC(C)NS(=O)(=O)C(C)C.CC(C)NS(=O)(=O)c1ccccc1.CC(C)NS(C)(=O)=O. The number of hydrogen-bond acceptors (Lipinski definition) is 10. The van der Waals surface area contributed by atoms with Crippen LogP contribution >= 0.6 is 11.6 Å². The van der Waals surface area contributed by atoms with Crippen LogP contribution < -0.4 is 35.9 Å². The van der Waals surface area contributed by atoms with E-state index in [1.54, 1.807) is 110 Å². The first kappa shape index (κ1) is 71.9. The number of rotatable bonds is 17. The molecule has 0 saturated carbocycles. The van der Waals surface area contributed by atoms with Crippen LogP contribution in [0.5, 0.6) is 0 Å². The molecule has 0 unspecified atom stereocenters. The van der Waals surface area contributed by atoms with Crippen LogP contribution in [0, 0.1) is 11.6 Å². The Balaban J connectivity index is -0.000000774. The lowest BCUT2D eigenvalue weighted by atomic mass is 10.2. The predicted octanol–water partition coefficient (Wildman–Crippen LogP) is 9.88. The first-order chi connectivity index (χ1) is 32.6. The standard InChI is InChI=1S/C10H14ClN.2C10H14FN.C9H13NO2S.C6H15NO2S.C4H11NO2S.C3H9N/c1-8(2)12-7-9-3-5-10(11)6-4-9;1-8(2)12-7-9-4-3-5-10(11)6-9;1-8(2)12-7-9-5-3-4-6-10(9)11;1-8(2)10-13(11,12)9-6-4-3-5-7-9;1-5(2)7-10(8,9)6(3)4;1-4(2)5-8(3,6)7;1-3(2)4/h3*3-6,8,12H,7H2,1-2H3;3-8,10H,1-2H3;5-7H,1-4H3;4-5H,1-3H3;3H,4H2,1-2H3. The van der Waals surface area contributed by atoms with E-state index < -0.39 is 30.1 Å². The summed E-state index contributed by atoms with van der Waals surface area (Å²) >= 11 is 5.75. The quantitative estimate of drug-likeness (QED) is 0.0534. The van der Waals surface area contributed by atoms with Gasteiger partial charge in [0.25, 0.3) is 0 Å². The topological polar surface area (TPSA) is 201 Å². The zero-order chi connectivity index (χ0) is 55.5. The Morgan fingerprint density at radius 1 is 0.493 bits per heavy atom. The first-order valence-electron chi connectivity index (χ1n) is 23.8. The van der Waals surface area contributed by atoms with Crippen LogP contribution in [0.4, 0.5) is 8.78 Å². The Labute approximate surface area is 434 Å². The highest BCUT2D eigenvalue weighted by atomic mass is 35.5. The maximum absolute atomic E-state index is 13.0. The van der Waals surface area contributed by atoms with E-state index in [0.29, 0.717) is 35.6 Å². The second-order valence-corrected chi connectivity index (χ2v) is 24.9. The summed E-state index contributed by atoms with van der Waals surface area (Å²) in [5.74, 6) is -0.302. The molecule has 0 bridgehead atoms. The van der Waals surface area contributed by atoms with E-state index in [4.69, 9.17) is 17.3 Å². The van der Waals surface area contributed by atoms with E-state index in [1.165, 1.54) is 17.7 Å². The van der Waals surface area contributed by atoms with Gasteiger partial charge in [-0.05, 0) is 115 Å². The Bertz CT molecular complexity index is 2290. The van der Waals surface area contributed by atoms with Crippen molar-refractivity contribution in [1.82, 2.24) is 30.1 Å². The predicted molar refractivity (Wildman–Crippen MR) is 297 cm³/mol. The smallest absolute Gasteiger partial charge is 0.240 e. The van der Waals surface area contributed by atoms with Gasteiger partial charge in [-0.25, -0.2) is 48.2 Å². The van der Waals surface area contributed by atoms with Crippen LogP contribution in [0.3, 0.4) is 0 Å². The number of nitrogens with two attached hydrogens (primary N) is 1. The summed E-state index contributed by atoms with van der Waals surface area (Å²) in [6.45, 7) is 32.7. The number of hydrogen-bond donors (Lipinski definition) is 7. The van der Waals surface area contributed by atoms with Gasteiger partial charge in [-0.15, -0.1) is 0 Å². The van der Waals surface area contributed by atoms with Gasteiger partial charge in [0, 0.05) is 66.5 Å². The summed E-state index contributed by atoms with van der Waals surface area (Å²) in [7, 11) is -9.33. The van der Waals surface area contributed by atoms with Gasteiger partial charge >= 0.3 is 0 Å². The molecule has 0 radical (unpaired) electrons. The summed E-state index contributed by atoms with van der Waals surface area (Å²) in [6, 6.07) is 31.3. The van der Waals surface area contributed by atoms with Gasteiger partial charge in [-0.2, -0.15) is 0 Å². The molecular formula is C52H90ClF2N7O6S3. The lowest BCUT2D eigenvalue weighted by Crippen LogP contribution is -2.35. The van der Waals surface area contributed by atoms with E-state index in [9.17, 15) is 34.0 Å². The fraction of sp³-hybridized carbons (Fsp3) is 0.538. The monoisotopic (exact) mass is 1080 g/mol. The van der Waals surface area contributed by atoms with Gasteiger partial charge < -0.3 is 21.7 Å². The van der Waals surface area contributed by atoms with Crippen LogP contribution in [-0.4, -0.2) is 79.1 Å². The van der Waals surface area contributed by atoms with Crippen LogP contribution in [-0.2, 0) is 49.7 Å². The van der Waals surface area contributed by atoms with E-state index >= 15 is 0 Å². The molecule has 0 amide bonds. The van der Waals surface area contributed by atoms with Gasteiger partial charge in [0.1, 0.15) is 11.6 Å². The van der Waals surface area contributed by atoms with Crippen molar-refractivity contribution in [2.24, 2.45) is 5.73 Å². The third-order valence-electron chi connectivity index (χ3n) is 7.80. The molecule has 0 atom stereocenters. The molecule has 408 valence electrons. The summed E-state index contributed by atoms with van der Waals surface area (Å²) < 4.78 is 98.8. The van der Waals surface area contributed by atoms with Gasteiger partial charge in [0.2, 0.25) is 30.1 Å². The largest absolute Gasteiger partial charge is 0.328 e. The highest BCUT2D eigenvalue weighted by molar-refractivity contribution is 7.90. The molecule has 4 aromatic carbocycles. The Hall–Kier alpha value is -3.40. The van der Waals surface area contributed by atoms with Crippen molar-refractivity contribution in [3.8, 4) is 0 Å². The van der Waals surface area contributed by atoms with E-state index in [0.717, 1.165) is 35.5 Å². The Kier molecular flexibility index (Phi) is 39.6. The minimum atomic E-state index is -3.31. The van der Waals surface area contributed by atoms with Crippen molar-refractivity contribution in [3.63, 3.8) is 0 Å². The molecule has 0 heterocycles. The minimum Gasteiger partial charge on any atom is -0.328 e. The van der Waals surface area contributed by atoms with Gasteiger partial charge in [0.15, 0.2) is 0 Å². The van der Waals surface area contributed by atoms with Gasteiger partial charge in [0.05, 0.1) is 16.4 Å². The van der Waals surface area contributed by atoms with Gasteiger partial charge in [-0.1, -0.05) is 128 Å². The lowest BCUT2D eigenvalue weighted by Gasteiger charge is -2.11. The molecule has 0 aromatic heterocycles. The maximum atomic E-state index is 13.0. The van der Waals surface area contributed by atoms with Crippen molar-refractivity contribution < 1.29 is 34.0 Å². The van der Waals surface area contributed by atoms with Gasteiger partial charge in [-0.3, -0.25) is 0 Å². The number of nitrogens with one attached hydrogen (secondary N) is 6. The summed E-state index contributed by atoms with van der Waals surface area (Å²) in [5, 5.41) is 10.2. The van der Waals surface area contributed by atoms with Crippen molar-refractivity contribution in [2.45, 2.75) is 183 Å².